The molecule has 182 valence electrons. The van der Waals surface area contributed by atoms with Gasteiger partial charge in [-0.25, -0.2) is 9.37 Å². The molecule has 2 aliphatic rings. The molecule has 1 saturated heterocycles. The average molecular weight is 486 g/mol. The number of hydrogen-bond acceptors (Lipinski definition) is 4. The Balaban J connectivity index is 1.35. The fraction of sp³-hybridized carbons (Fsp3) is 0.400. The van der Waals surface area contributed by atoms with E-state index < -0.39 is 17.9 Å². The van der Waals surface area contributed by atoms with Gasteiger partial charge in [-0.2, -0.15) is 5.26 Å². The number of nitrogens with zero attached hydrogens (tertiary/aromatic N) is 3. The molecule has 1 amide bonds. The lowest BCUT2D eigenvalue weighted by Gasteiger charge is -2.33. The third-order valence-electron chi connectivity index (χ3n) is 6.88. The van der Waals surface area contributed by atoms with E-state index in [-0.39, 0.29) is 23.3 Å². The molecular weight excluding hydrogens is 464 g/mol. The van der Waals surface area contributed by atoms with Gasteiger partial charge in [-0.05, 0) is 67.9 Å². The van der Waals surface area contributed by atoms with Crippen LogP contribution >= 0.6 is 0 Å². The van der Waals surface area contributed by atoms with Gasteiger partial charge in [-0.1, -0.05) is 0 Å². The minimum absolute atomic E-state index is 0.145. The Morgan fingerprint density at radius 1 is 1.14 bits per heavy atom. The van der Waals surface area contributed by atoms with Crippen molar-refractivity contribution in [1.29, 1.82) is 5.26 Å². The van der Waals surface area contributed by atoms with E-state index in [1.54, 1.807) is 4.90 Å². The van der Waals surface area contributed by atoms with Crippen molar-refractivity contribution in [3.8, 4) is 11.8 Å². The minimum Gasteiger partial charge on any atom is -0.406 e. The highest BCUT2D eigenvalue weighted by atomic mass is 19.4. The number of amides is 1. The number of benzene rings is 1. The highest BCUT2D eigenvalue weighted by molar-refractivity contribution is 5.94. The van der Waals surface area contributed by atoms with Crippen LogP contribution in [0, 0.1) is 17.1 Å². The van der Waals surface area contributed by atoms with Gasteiger partial charge in [-0.15, -0.1) is 13.2 Å². The third kappa shape index (κ3) is 4.43. The van der Waals surface area contributed by atoms with E-state index in [2.05, 4.69) is 20.8 Å². The minimum atomic E-state index is -4.80. The second-order valence-corrected chi connectivity index (χ2v) is 8.97. The number of nitrogens with one attached hydrogen (secondary N) is 1. The van der Waals surface area contributed by atoms with Gasteiger partial charge in [0.05, 0.1) is 18.2 Å². The summed E-state index contributed by atoms with van der Waals surface area (Å²) in [5, 5.41) is 10.4. The smallest absolute Gasteiger partial charge is 0.406 e. The number of hydrogen-bond donors (Lipinski definition) is 1. The van der Waals surface area contributed by atoms with Crippen LogP contribution in [0.25, 0.3) is 11.0 Å². The SMILES string of the molecule is N#C[C@@H]1CCCc2[nH]c3ncc(F)c(C4CCN(C(=O)c5ccc(OC(F)(F)F)cc5)CC4)c3c21. The summed E-state index contributed by atoms with van der Waals surface area (Å²) < 4.78 is 56.1. The molecule has 10 heteroatoms. The largest absolute Gasteiger partial charge is 0.573 e. The number of likely N-dealkylation sites (tertiary alicyclic amines) is 1. The fourth-order valence-electron chi connectivity index (χ4n) is 5.32. The number of pyridine rings is 1. The van der Waals surface area contributed by atoms with Gasteiger partial charge in [-0.3, -0.25) is 4.79 Å². The molecule has 3 aromatic rings. The normalized spacial score (nSPS) is 18.8. The molecule has 6 nitrogen and oxygen atoms in total. The van der Waals surface area contributed by atoms with Crippen LogP contribution in [0.4, 0.5) is 17.6 Å². The molecule has 1 aromatic carbocycles. The van der Waals surface area contributed by atoms with Crippen LogP contribution in [0.2, 0.25) is 0 Å². The van der Waals surface area contributed by atoms with E-state index in [0.29, 0.717) is 42.5 Å². The molecule has 0 saturated carbocycles. The zero-order valence-electron chi connectivity index (χ0n) is 18.7. The summed E-state index contributed by atoms with van der Waals surface area (Å²) in [6.07, 6.45) is -0.130. The molecular formula is C25H22F4N4O2. The summed E-state index contributed by atoms with van der Waals surface area (Å²) in [6.45, 7) is 0.754. The third-order valence-corrected chi connectivity index (χ3v) is 6.88. The quantitative estimate of drug-likeness (QED) is 0.491. The number of aromatic amines is 1. The van der Waals surface area contributed by atoms with E-state index in [4.69, 9.17) is 0 Å². The number of halogens is 4. The summed E-state index contributed by atoms with van der Waals surface area (Å²) in [7, 11) is 0. The first-order chi connectivity index (χ1) is 16.7. The first kappa shape index (κ1) is 23.1. The predicted molar refractivity (Wildman–Crippen MR) is 118 cm³/mol. The topological polar surface area (TPSA) is 82.0 Å². The van der Waals surface area contributed by atoms with Gasteiger partial charge in [0.15, 0.2) is 0 Å². The van der Waals surface area contributed by atoms with Crippen LogP contribution in [-0.4, -0.2) is 40.2 Å². The van der Waals surface area contributed by atoms with Crippen molar-refractivity contribution in [1.82, 2.24) is 14.9 Å². The fourth-order valence-corrected chi connectivity index (χ4v) is 5.32. The zero-order valence-corrected chi connectivity index (χ0v) is 18.7. The predicted octanol–water partition coefficient (Wildman–Crippen LogP) is 5.56. The van der Waals surface area contributed by atoms with Crippen LogP contribution in [0.1, 0.15) is 64.7 Å². The Hall–Kier alpha value is -3.61. The van der Waals surface area contributed by atoms with E-state index in [9.17, 15) is 23.2 Å². The second-order valence-electron chi connectivity index (χ2n) is 8.97. The molecule has 35 heavy (non-hydrogen) atoms. The van der Waals surface area contributed by atoms with Crippen molar-refractivity contribution in [2.24, 2.45) is 0 Å². The Kier molecular flexibility index (Phi) is 5.87. The molecule has 1 atom stereocenters. The Labute approximate surface area is 198 Å². The van der Waals surface area contributed by atoms with Gasteiger partial charge < -0.3 is 14.6 Å². The monoisotopic (exact) mass is 486 g/mol. The van der Waals surface area contributed by atoms with Gasteiger partial charge >= 0.3 is 6.36 Å². The summed E-state index contributed by atoms with van der Waals surface area (Å²) in [5.41, 5.74) is 3.20. The Morgan fingerprint density at radius 3 is 2.51 bits per heavy atom. The summed E-state index contributed by atoms with van der Waals surface area (Å²) in [5.74, 6) is -1.55. The molecule has 5 rings (SSSR count). The number of aryl methyl sites for hydroxylation is 1. The van der Waals surface area contributed by atoms with E-state index >= 15 is 4.39 Å². The molecule has 1 aliphatic heterocycles. The van der Waals surface area contributed by atoms with Crippen LogP contribution < -0.4 is 4.74 Å². The molecule has 0 spiro atoms. The van der Waals surface area contributed by atoms with Crippen LogP contribution in [0.3, 0.4) is 0 Å². The number of H-pyrrole nitrogens is 1. The molecule has 0 unspecified atom stereocenters. The lowest BCUT2D eigenvalue weighted by Crippen LogP contribution is -2.38. The maximum atomic E-state index is 15.1. The molecule has 1 N–H and O–H groups in total. The molecule has 3 heterocycles. The summed E-state index contributed by atoms with van der Waals surface area (Å²) in [6, 6.07) is 7.17. The number of rotatable bonds is 3. The van der Waals surface area contributed by atoms with Crippen molar-refractivity contribution in [2.45, 2.75) is 50.3 Å². The number of fused-ring (bicyclic) bond motifs is 3. The lowest BCUT2D eigenvalue weighted by molar-refractivity contribution is -0.274. The van der Waals surface area contributed by atoms with E-state index in [1.165, 1.54) is 18.3 Å². The maximum Gasteiger partial charge on any atom is 0.573 e. The van der Waals surface area contributed by atoms with Crippen molar-refractivity contribution in [2.75, 3.05) is 13.1 Å². The summed E-state index contributed by atoms with van der Waals surface area (Å²) >= 11 is 0. The standard InChI is InChI=1S/C25H22F4N4O2/c26-18-13-31-23-22(21-16(12-30)2-1-3-19(21)32-23)20(18)14-8-10-33(11-9-14)24(34)15-4-6-17(7-5-15)35-25(27,28)29/h4-7,13-14,16H,1-3,8-11H2,(H,31,32)/t16-/m0/s1. The molecule has 1 fully saturated rings. The number of piperidine rings is 1. The van der Waals surface area contributed by atoms with Crippen molar-refractivity contribution in [3.63, 3.8) is 0 Å². The first-order valence-corrected chi connectivity index (χ1v) is 11.5. The van der Waals surface area contributed by atoms with E-state index in [0.717, 1.165) is 42.7 Å². The number of carbonyl (C=O) groups is 1. The zero-order chi connectivity index (χ0) is 24.7. The number of nitriles is 1. The average Bonchev–Trinajstić information content (AvgIpc) is 3.22. The Bertz CT molecular complexity index is 1300. The van der Waals surface area contributed by atoms with Crippen LogP contribution in [-0.2, 0) is 6.42 Å². The van der Waals surface area contributed by atoms with Gasteiger partial charge in [0, 0.05) is 35.3 Å². The number of alkyl halides is 3. The Morgan fingerprint density at radius 2 is 1.86 bits per heavy atom. The number of carbonyl (C=O) groups excluding carboxylic acids is 1. The molecule has 2 aromatic heterocycles. The van der Waals surface area contributed by atoms with Crippen LogP contribution in [0.15, 0.2) is 30.5 Å². The van der Waals surface area contributed by atoms with Crippen molar-refractivity contribution < 1.29 is 27.1 Å². The summed E-state index contributed by atoms with van der Waals surface area (Å²) in [4.78, 5) is 22.0. The molecule has 0 bridgehead atoms. The van der Waals surface area contributed by atoms with Gasteiger partial charge in [0.2, 0.25) is 0 Å². The van der Waals surface area contributed by atoms with Crippen molar-refractivity contribution in [3.05, 3.63) is 58.7 Å². The highest BCUT2D eigenvalue weighted by Gasteiger charge is 2.33. The number of aromatic nitrogens is 2. The molecule has 0 radical (unpaired) electrons. The lowest BCUT2D eigenvalue weighted by atomic mass is 9.81. The van der Waals surface area contributed by atoms with Gasteiger partial charge in [0.1, 0.15) is 17.2 Å². The highest BCUT2D eigenvalue weighted by Crippen LogP contribution is 2.42. The second kappa shape index (κ2) is 8.87. The first-order valence-electron chi connectivity index (χ1n) is 11.5. The van der Waals surface area contributed by atoms with Crippen molar-refractivity contribution >= 4 is 16.9 Å². The van der Waals surface area contributed by atoms with E-state index in [1.807, 2.05) is 0 Å². The van der Waals surface area contributed by atoms with Gasteiger partial charge in [0.25, 0.3) is 5.91 Å². The maximum absolute atomic E-state index is 15.1. The number of ether oxygens (including phenoxy) is 1. The molecule has 1 aliphatic carbocycles. The van der Waals surface area contributed by atoms with Crippen LogP contribution in [0.5, 0.6) is 5.75 Å².